The number of hydrogen-bond acceptors (Lipinski definition) is 3. The van der Waals surface area contributed by atoms with Crippen molar-refractivity contribution in [1.82, 2.24) is 8.65 Å². The van der Waals surface area contributed by atoms with Crippen LogP contribution in [-0.4, -0.2) is 23.7 Å². The van der Waals surface area contributed by atoms with Crippen molar-refractivity contribution in [2.75, 3.05) is 13.6 Å². The summed E-state index contributed by atoms with van der Waals surface area (Å²) in [5.41, 5.74) is 0. The molecule has 0 fully saturated rings. The van der Waals surface area contributed by atoms with Gasteiger partial charge in [0.05, 0.1) is 5.76 Å². The average molecular weight is 284 g/mol. The lowest BCUT2D eigenvalue weighted by Crippen LogP contribution is -2.26. The van der Waals surface area contributed by atoms with Gasteiger partial charge in [0.1, 0.15) is 0 Å². The summed E-state index contributed by atoms with van der Waals surface area (Å²) in [6.45, 7) is 4.86. The quantitative estimate of drug-likeness (QED) is 0.352. The first-order chi connectivity index (χ1) is 5.57. The molecule has 0 aromatic rings. The number of rotatable bonds is 5. The molecule has 4 heteroatoms. The van der Waals surface area contributed by atoms with E-state index < -0.39 is 0 Å². The highest BCUT2D eigenvalue weighted by Gasteiger charge is 1.98. The van der Waals surface area contributed by atoms with Gasteiger partial charge in [0.15, 0.2) is 0 Å². The maximum atomic E-state index is 9.33. The molecule has 0 amide bonds. The van der Waals surface area contributed by atoms with Gasteiger partial charge in [-0.3, -0.25) is 0 Å². The van der Waals surface area contributed by atoms with E-state index in [1.165, 1.54) is 0 Å². The highest BCUT2D eigenvalue weighted by atomic mass is 127. The van der Waals surface area contributed by atoms with Gasteiger partial charge >= 0.3 is 0 Å². The minimum atomic E-state index is 0.239. The molecule has 0 aromatic heterocycles. The van der Waals surface area contributed by atoms with Crippen molar-refractivity contribution in [2.45, 2.75) is 20.3 Å². The number of hydrogen-bond donors (Lipinski definition) is 2. The Morgan fingerprint density at radius 3 is 2.67 bits per heavy atom. The second-order valence-corrected chi connectivity index (χ2v) is 3.56. The molecule has 0 saturated heterocycles. The number of halogens is 1. The molecule has 0 aliphatic heterocycles. The number of hydrazine groups is 1. The van der Waals surface area contributed by atoms with Gasteiger partial charge in [-0.1, -0.05) is 13.8 Å². The molecule has 0 aliphatic carbocycles. The molecular weight excluding hydrogens is 267 g/mol. The van der Waals surface area contributed by atoms with Crippen LogP contribution in [0, 0.1) is 5.92 Å². The molecule has 2 N–H and O–H groups in total. The molecule has 0 spiro atoms. The number of aliphatic hydroxyl groups is 1. The van der Waals surface area contributed by atoms with E-state index in [4.69, 9.17) is 0 Å². The van der Waals surface area contributed by atoms with Crippen LogP contribution in [0.3, 0.4) is 0 Å². The molecule has 0 radical (unpaired) electrons. The van der Waals surface area contributed by atoms with Crippen molar-refractivity contribution in [1.29, 1.82) is 0 Å². The molecule has 0 atom stereocenters. The molecule has 3 nitrogen and oxygen atoms in total. The Hall–Kier alpha value is 0.190. The Morgan fingerprint density at radius 1 is 1.67 bits per heavy atom. The van der Waals surface area contributed by atoms with Crippen LogP contribution in [0.15, 0.2) is 11.8 Å². The third-order valence-corrected chi connectivity index (χ3v) is 2.38. The highest BCUT2D eigenvalue weighted by molar-refractivity contribution is 14.1. The molecular formula is C8H17IN2O. The van der Waals surface area contributed by atoms with Crippen LogP contribution in [0.1, 0.15) is 20.3 Å². The van der Waals surface area contributed by atoms with E-state index in [0.29, 0.717) is 5.76 Å². The molecule has 0 rings (SSSR count). The Labute approximate surface area is 88.3 Å². The van der Waals surface area contributed by atoms with Crippen molar-refractivity contribution in [3.8, 4) is 0 Å². The van der Waals surface area contributed by atoms with Gasteiger partial charge in [0.25, 0.3) is 0 Å². The van der Waals surface area contributed by atoms with Crippen LogP contribution < -0.4 is 3.64 Å². The van der Waals surface area contributed by atoms with Crippen molar-refractivity contribution < 1.29 is 5.11 Å². The zero-order valence-electron chi connectivity index (χ0n) is 7.84. The molecule has 0 saturated carbocycles. The summed E-state index contributed by atoms with van der Waals surface area (Å²) < 4.78 is 2.96. The fraction of sp³-hybridized carbons (Fsp3) is 0.750. The van der Waals surface area contributed by atoms with Gasteiger partial charge in [-0.05, 0) is 12.5 Å². The third-order valence-electron chi connectivity index (χ3n) is 1.55. The lowest BCUT2D eigenvalue weighted by molar-refractivity contribution is 0.320. The summed E-state index contributed by atoms with van der Waals surface area (Å²) in [6.07, 6.45) is 2.74. The summed E-state index contributed by atoms with van der Waals surface area (Å²) >= 11 is 2.08. The second kappa shape index (κ2) is 6.68. The number of allylic oxidation sites excluding steroid dienone is 1. The Morgan fingerprint density at radius 2 is 2.25 bits per heavy atom. The zero-order chi connectivity index (χ0) is 9.56. The first-order valence-electron chi connectivity index (χ1n) is 4.04. The molecule has 0 aromatic carbocycles. The van der Waals surface area contributed by atoms with E-state index in [1.807, 2.05) is 32.0 Å². The van der Waals surface area contributed by atoms with Gasteiger partial charge in [0.2, 0.25) is 0 Å². The number of nitrogens with zero attached hydrogens (tertiary/aromatic N) is 1. The predicted octanol–water partition coefficient (Wildman–Crippen LogP) is 2.26. The first-order valence-corrected chi connectivity index (χ1v) is 5.12. The summed E-state index contributed by atoms with van der Waals surface area (Å²) in [7, 11) is 1.96. The smallest absolute Gasteiger partial charge is 0.0908 e. The maximum Gasteiger partial charge on any atom is 0.0908 e. The standard InChI is InChI=1S/C8H17IN2O/c1-7(2)8(12)5-4-6-11(3)10-9/h5,7,10,12H,4,6H2,1-3H3/b8-5+. The lowest BCUT2D eigenvalue weighted by Gasteiger charge is -2.11. The minimum absolute atomic E-state index is 0.239. The van der Waals surface area contributed by atoms with E-state index in [2.05, 4.69) is 26.5 Å². The molecule has 0 bridgehead atoms. The second-order valence-electron chi connectivity index (χ2n) is 3.08. The largest absolute Gasteiger partial charge is 0.512 e. The predicted molar refractivity (Wildman–Crippen MR) is 60.0 cm³/mol. The normalized spacial score (nSPS) is 13.0. The fourth-order valence-electron chi connectivity index (χ4n) is 0.684. The number of aliphatic hydroxyl groups excluding tert-OH is 1. The molecule has 0 unspecified atom stereocenters. The maximum absolute atomic E-state index is 9.33. The van der Waals surface area contributed by atoms with Gasteiger partial charge < -0.3 is 5.11 Å². The Balaban J connectivity index is 3.59. The van der Waals surface area contributed by atoms with E-state index in [1.54, 1.807) is 0 Å². The SMILES string of the molecule is CC(C)/C(O)=C\CCN(C)NI. The topological polar surface area (TPSA) is 35.5 Å². The molecule has 0 heterocycles. The minimum Gasteiger partial charge on any atom is -0.512 e. The van der Waals surface area contributed by atoms with Gasteiger partial charge in [-0.25, -0.2) is 5.01 Å². The summed E-state index contributed by atoms with van der Waals surface area (Å²) in [4.78, 5) is 0. The molecule has 0 aliphatic rings. The fourth-order valence-corrected chi connectivity index (χ4v) is 0.925. The molecule has 12 heavy (non-hydrogen) atoms. The van der Waals surface area contributed by atoms with Crippen LogP contribution in [0.4, 0.5) is 0 Å². The van der Waals surface area contributed by atoms with Gasteiger partial charge in [0, 0.05) is 42.4 Å². The van der Waals surface area contributed by atoms with Crippen LogP contribution in [0.2, 0.25) is 0 Å². The lowest BCUT2D eigenvalue weighted by atomic mass is 10.1. The monoisotopic (exact) mass is 284 g/mol. The molecule has 72 valence electrons. The van der Waals surface area contributed by atoms with Crippen molar-refractivity contribution in [3.63, 3.8) is 0 Å². The van der Waals surface area contributed by atoms with E-state index in [0.717, 1.165) is 13.0 Å². The highest BCUT2D eigenvalue weighted by Crippen LogP contribution is 2.05. The van der Waals surface area contributed by atoms with Crippen molar-refractivity contribution in [3.05, 3.63) is 11.8 Å². The van der Waals surface area contributed by atoms with Crippen LogP contribution in [0.25, 0.3) is 0 Å². The van der Waals surface area contributed by atoms with E-state index in [-0.39, 0.29) is 5.92 Å². The third kappa shape index (κ3) is 5.79. The van der Waals surface area contributed by atoms with E-state index >= 15 is 0 Å². The van der Waals surface area contributed by atoms with Gasteiger partial charge in [-0.15, -0.1) is 0 Å². The summed E-state index contributed by atoms with van der Waals surface area (Å²) in [6, 6.07) is 0. The Bertz CT molecular complexity index is 148. The van der Waals surface area contributed by atoms with Crippen LogP contribution in [-0.2, 0) is 0 Å². The van der Waals surface area contributed by atoms with Crippen molar-refractivity contribution >= 4 is 22.9 Å². The van der Waals surface area contributed by atoms with Crippen molar-refractivity contribution in [2.24, 2.45) is 5.92 Å². The summed E-state index contributed by atoms with van der Waals surface area (Å²) in [5, 5.41) is 11.3. The number of nitrogens with one attached hydrogen (secondary N) is 1. The van der Waals surface area contributed by atoms with Crippen LogP contribution in [0.5, 0.6) is 0 Å². The van der Waals surface area contributed by atoms with Gasteiger partial charge in [-0.2, -0.15) is 3.64 Å². The van der Waals surface area contributed by atoms with Crippen LogP contribution >= 0.6 is 22.9 Å². The Kier molecular flexibility index (Phi) is 6.78. The van der Waals surface area contributed by atoms with E-state index in [9.17, 15) is 5.11 Å². The first kappa shape index (κ1) is 12.2. The summed E-state index contributed by atoms with van der Waals surface area (Å²) in [5.74, 6) is 0.722. The average Bonchev–Trinajstić information content (AvgIpc) is 2.03. The zero-order valence-corrected chi connectivity index (χ0v) is 10.00.